The molecule has 1 atom stereocenters. The summed E-state index contributed by atoms with van der Waals surface area (Å²) < 4.78 is 0. The number of carbonyl (C=O) groups is 1. The average Bonchev–Trinajstić information content (AvgIpc) is 2.15. The van der Waals surface area contributed by atoms with E-state index in [1.165, 1.54) is 32.4 Å². The van der Waals surface area contributed by atoms with Gasteiger partial charge < -0.3 is 10.0 Å². The standard InChI is InChI=1S/C11H21NO2/c1-10(9-11(13)14)5-8-12-6-3-2-4-7-12/h10H,2-9H2,1H3,(H,13,14). The van der Waals surface area contributed by atoms with Crippen LogP contribution in [0.25, 0.3) is 0 Å². The molecule has 82 valence electrons. The zero-order valence-corrected chi connectivity index (χ0v) is 9.04. The fourth-order valence-electron chi connectivity index (χ4n) is 1.99. The Morgan fingerprint density at radius 2 is 2.00 bits per heavy atom. The Morgan fingerprint density at radius 1 is 1.36 bits per heavy atom. The van der Waals surface area contributed by atoms with Gasteiger partial charge in [-0.1, -0.05) is 13.3 Å². The van der Waals surface area contributed by atoms with E-state index in [9.17, 15) is 4.79 Å². The zero-order chi connectivity index (χ0) is 10.4. The van der Waals surface area contributed by atoms with Crippen LogP contribution in [0.4, 0.5) is 0 Å². The normalized spacial score (nSPS) is 20.6. The first-order chi connectivity index (χ1) is 6.68. The first-order valence-corrected chi connectivity index (χ1v) is 5.62. The summed E-state index contributed by atoms with van der Waals surface area (Å²) in [4.78, 5) is 12.9. The van der Waals surface area contributed by atoms with Crippen LogP contribution in [-0.4, -0.2) is 35.6 Å². The zero-order valence-electron chi connectivity index (χ0n) is 9.04. The summed E-state index contributed by atoms with van der Waals surface area (Å²) in [5.74, 6) is -0.356. The Hall–Kier alpha value is -0.570. The van der Waals surface area contributed by atoms with Gasteiger partial charge in [-0.25, -0.2) is 0 Å². The fraction of sp³-hybridized carbons (Fsp3) is 0.909. The highest BCUT2D eigenvalue weighted by Gasteiger charge is 2.12. The van der Waals surface area contributed by atoms with Crippen molar-refractivity contribution in [1.29, 1.82) is 0 Å². The monoisotopic (exact) mass is 199 g/mol. The summed E-state index contributed by atoms with van der Waals surface area (Å²) in [6.07, 6.45) is 5.32. The lowest BCUT2D eigenvalue weighted by Crippen LogP contribution is -2.31. The molecule has 0 radical (unpaired) electrons. The smallest absolute Gasteiger partial charge is 0.303 e. The van der Waals surface area contributed by atoms with Crippen molar-refractivity contribution in [3.63, 3.8) is 0 Å². The number of likely N-dealkylation sites (tertiary alicyclic amines) is 1. The summed E-state index contributed by atoms with van der Waals surface area (Å²) in [5.41, 5.74) is 0. The lowest BCUT2D eigenvalue weighted by molar-refractivity contribution is -0.138. The molecule has 0 aromatic carbocycles. The van der Waals surface area contributed by atoms with Crippen molar-refractivity contribution >= 4 is 5.97 Å². The molecule has 1 unspecified atom stereocenters. The van der Waals surface area contributed by atoms with Gasteiger partial charge in [-0.2, -0.15) is 0 Å². The molecule has 0 aromatic heterocycles. The number of nitrogens with zero attached hydrogens (tertiary/aromatic N) is 1. The van der Waals surface area contributed by atoms with Gasteiger partial charge in [-0.05, 0) is 44.8 Å². The van der Waals surface area contributed by atoms with Crippen molar-refractivity contribution in [1.82, 2.24) is 4.90 Å². The second kappa shape index (κ2) is 6.02. The van der Waals surface area contributed by atoms with E-state index in [0.717, 1.165) is 13.0 Å². The quantitative estimate of drug-likeness (QED) is 0.736. The molecule has 0 amide bonds. The van der Waals surface area contributed by atoms with Crippen molar-refractivity contribution in [2.24, 2.45) is 5.92 Å². The molecule has 1 aliphatic rings. The van der Waals surface area contributed by atoms with E-state index in [4.69, 9.17) is 5.11 Å². The maximum absolute atomic E-state index is 10.4. The molecule has 0 aliphatic carbocycles. The molecule has 0 aromatic rings. The number of piperidine rings is 1. The first kappa shape index (κ1) is 11.5. The van der Waals surface area contributed by atoms with Crippen molar-refractivity contribution in [2.45, 2.75) is 39.0 Å². The van der Waals surface area contributed by atoms with E-state index in [1.54, 1.807) is 0 Å². The first-order valence-electron chi connectivity index (χ1n) is 5.62. The van der Waals surface area contributed by atoms with Crippen molar-refractivity contribution in [2.75, 3.05) is 19.6 Å². The third-order valence-electron chi connectivity index (χ3n) is 2.91. The maximum atomic E-state index is 10.4. The summed E-state index contributed by atoms with van der Waals surface area (Å²) in [5, 5.41) is 8.61. The van der Waals surface area contributed by atoms with Crippen LogP contribution in [0, 0.1) is 5.92 Å². The Labute approximate surface area is 86.1 Å². The molecule has 0 bridgehead atoms. The largest absolute Gasteiger partial charge is 0.481 e. The molecule has 1 aliphatic heterocycles. The molecule has 1 heterocycles. The Morgan fingerprint density at radius 3 is 2.57 bits per heavy atom. The van der Waals surface area contributed by atoms with E-state index in [2.05, 4.69) is 4.90 Å². The van der Waals surface area contributed by atoms with Crippen LogP contribution < -0.4 is 0 Å². The number of carboxylic acid groups (broad SMARTS) is 1. The van der Waals surface area contributed by atoms with E-state index in [0.29, 0.717) is 12.3 Å². The fourth-order valence-corrected chi connectivity index (χ4v) is 1.99. The Bertz CT molecular complexity index is 176. The minimum absolute atomic E-state index is 0.313. The second-order valence-corrected chi connectivity index (χ2v) is 4.39. The minimum atomic E-state index is -0.670. The highest BCUT2D eigenvalue weighted by Crippen LogP contribution is 2.13. The molecule has 0 saturated carbocycles. The minimum Gasteiger partial charge on any atom is -0.481 e. The lowest BCUT2D eigenvalue weighted by Gasteiger charge is -2.27. The van der Waals surface area contributed by atoms with Crippen LogP contribution in [0.2, 0.25) is 0 Å². The van der Waals surface area contributed by atoms with Gasteiger partial charge in [0.15, 0.2) is 0 Å². The van der Waals surface area contributed by atoms with Crippen molar-refractivity contribution in [3.05, 3.63) is 0 Å². The summed E-state index contributed by atoms with van der Waals surface area (Å²) >= 11 is 0. The summed E-state index contributed by atoms with van der Waals surface area (Å²) in [7, 11) is 0. The van der Waals surface area contributed by atoms with E-state index < -0.39 is 5.97 Å². The second-order valence-electron chi connectivity index (χ2n) is 4.39. The predicted octanol–water partition coefficient (Wildman–Crippen LogP) is 1.97. The average molecular weight is 199 g/mol. The number of hydrogen-bond donors (Lipinski definition) is 1. The number of aliphatic carboxylic acids is 1. The van der Waals surface area contributed by atoms with E-state index in [1.807, 2.05) is 6.92 Å². The molecule has 14 heavy (non-hydrogen) atoms. The summed E-state index contributed by atoms with van der Waals surface area (Å²) in [6, 6.07) is 0. The van der Waals surface area contributed by atoms with Gasteiger partial charge in [0.1, 0.15) is 0 Å². The van der Waals surface area contributed by atoms with Crippen LogP contribution in [-0.2, 0) is 4.79 Å². The maximum Gasteiger partial charge on any atom is 0.303 e. The van der Waals surface area contributed by atoms with Crippen LogP contribution in [0.5, 0.6) is 0 Å². The molecular weight excluding hydrogens is 178 g/mol. The lowest BCUT2D eigenvalue weighted by atomic mass is 10.0. The van der Waals surface area contributed by atoms with Gasteiger partial charge in [0.25, 0.3) is 0 Å². The van der Waals surface area contributed by atoms with Gasteiger partial charge in [-0.15, -0.1) is 0 Å². The highest BCUT2D eigenvalue weighted by molar-refractivity contribution is 5.66. The van der Waals surface area contributed by atoms with E-state index >= 15 is 0 Å². The SMILES string of the molecule is CC(CCN1CCCCC1)CC(=O)O. The molecule has 1 N–H and O–H groups in total. The molecule has 1 rings (SSSR count). The van der Waals surface area contributed by atoms with Crippen LogP contribution in [0.3, 0.4) is 0 Å². The molecule has 1 saturated heterocycles. The molecule has 1 fully saturated rings. The Balaban J connectivity index is 2.09. The van der Waals surface area contributed by atoms with Crippen molar-refractivity contribution in [3.8, 4) is 0 Å². The predicted molar refractivity (Wildman–Crippen MR) is 56.3 cm³/mol. The molecular formula is C11H21NO2. The molecule has 0 spiro atoms. The third-order valence-corrected chi connectivity index (χ3v) is 2.91. The topological polar surface area (TPSA) is 40.5 Å². The van der Waals surface area contributed by atoms with Gasteiger partial charge in [0, 0.05) is 6.42 Å². The molecule has 3 nitrogen and oxygen atoms in total. The number of hydrogen-bond acceptors (Lipinski definition) is 2. The number of rotatable bonds is 5. The number of carboxylic acids is 1. The van der Waals surface area contributed by atoms with E-state index in [-0.39, 0.29) is 0 Å². The van der Waals surface area contributed by atoms with Crippen LogP contribution >= 0.6 is 0 Å². The van der Waals surface area contributed by atoms with Crippen LogP contribution in [0.15, 0.2) is 0 Å². The third kappa shape index (κ3) is 4.61. The van der Waals surface area contributed by atoms with Gasteiger partial charge in [0.2, 0.25) is 0 Å². The van der Waals surface area contributed by atoms with Gasteiger partial charge in [0.05, 0.1) is 0 Å². The van der Waals surface area contributed by atoms with Crippen LogP contribution in [0.1, 0.15) is 39.0 Å². The van der Waals surface area contributed by atoms with Crippen molar-refractivity contribution < 1.29 is 9.90 Å². The summed E-state index contributed by atoms with van der Waals surface area (Å²) in [6.45, 7) is 5.52. The Kier molecular flexibility index (Phi) is 4.94. The van der Waals surface area contributed by atoms with Gasteiger partial charge in [-0.3, -0.25) is 4.79 Å². The van der Waals surface area contributed by atoms with Gasteiger partial charge >= 0.3 is 5.97 Å². The highest BCUT2D eigenvalue weighted by atomic mass is 16.4. The molecule has 3 heteroatoms.